The van der Waals surface area contributed by atoms with Crippen LogP contribution in [0.5, 0.6) is 0 Å². The molecule has 3 rings (SSSR count). The van der Waals surface area contributed by atoms with Crippen LogP contribution in [0, 0.1) is 5.41 Å². The Morgan fingerprint density at radius 2 is 2.05 bits per heavy atom. The van der Waals surface area contributed by atoms with Gasteiger partial charge in [-0.2, -0.15) is 13.2 Å². The maximum Gasteiger partial charge on any atom is 0.416 e. The van der Waals surface area contributed by atoms with Crippen molar-refractivity contribution in [3.63, 3.8) is 0 Å². The largest absolute Gasteiger partial charge is 0.416 e. The minimum absolute atomic E-state index is 0.263. The van der Waals surface area contributed by atoms with Crippen LogP contribution >= 0.6 is 0 Å². The van der Waals surface area contributed by atoms with E-state index in [0.29, 0.717) is 17.0 Å². The molecule has 0 aliphatic heterocycles. The maximum absolute atomic E-state index is 12.7. The van der Waals surface area contributed by atoms with Crippen molar-refractivity contribution in [1.82, 2.24) is 9.55 Å². The molecule has 6 heteroatoms. The molecule has 21 heavy (non-hydrogen) atoms. The molecule has 1 heterocycles. The lowest BCUT2D eigenvalue weighted by Crippen LogP contribution is -2.13. The molecule has 3 nitrogen and oxygen atoms in total. The van der Waals surface area contributed by atoms with Crippen LogP contribution in [-0.4, -0.2) is 9.55 Å². The van der Waals surface area contributed by atoms with Crippen LogP contribution in [0.4, 0.5) is 19.1 Å². The van der Waals surface area contributed by atoms with E-state index in [9.17, 15) is 13.2 Å². The Hall–Kier alpha value is -1.72. The number of aromatic nitrogens is 2. The first-order chi connectivity index (χ1) is 9.85. The number of nitrogens with two attached hydrogens (primary N) is 1. The second kappa shape index (κ2) is 4.64. The van der Waals surface area contributed by atoms with E-state index in [1.54, 1.807) is 0 Å². The molecule has 1 aliphatic carbocycles. The van der Waals surface area contributed by atoms with Gasteiger partial charge >= 0.3 is 6.18 Å². The average Bonchev–Trinajstić information content (AvgIpc) is 3.08. The maximum atomic E-state index is 12.7. The van der Waals surface area contributed by atoms with Gasteiger partial charge in [0.1, 0.15) is 0 Å². The number of benzene rings is 1. The third-order valence-electron chi connectivity index (χ3n) is 4.34. The van der Waals surface area contributed by atoms with Crippen molar-refractivity contribution in [2.45, 2.75) is 45.3 Å². The highest BCUT2D eigenvalue weighted by atomic mass is 19.4. The zero-order chi connectivity index (χ0) is 15.3. The summed E-state index contributed by atoms with van der Waals surface area (Å²) in [5.41, 5.74) is 6.49. The van der Waals surface area contributed by atoms with Gasteiger partial charge < -0.3 is 10.3 Å². The minimum atomic E-state index is -4.35. The van der Waals surface area contributed by atoms with Gasteiger partial charge in [0.25, 0.3) is 0 Å². The van der Waals surface area contributed by atoms with Gasteiger partial charge in [-0.3, -0.25) is 0 Å². The summed E-state index contributed by atoms with van der Waals surface area (Å²) in [6, 6.07) is 3.64. The van der Waals surface area contributed by atoms with Crippen molar-refractivity contribution >= 4 is 17.0 Å². The Morgan fingerprint density at radius 3 is 2.62 bits per heavy atom. The average molecular weight is 297 g/mol. The molecule has 1 saturated carbocycles. The summed E-state index contributed by atoms with van der Waals surface area (Å²) in [5, 5.41) is 0. The Morgan fingerprint density at radius 1 is 1.33 bits per heavy atom. The van der Waals surface area contributed by atoms with Crippen molar-refractivity contribution in [3.8, 4) is 0 Å². The molecule has 0 radical (unpaired) electrons. The van der Waals surface area contributed by atoms with Crippen LogP contribution in [0.3, 0.4) is 0 Å². The quantitative estimate of drug-likeness (QED) is 0.918. The smallest absolute Gasteiger partial charge is 0.369 e. The third kappa shape index (κ3) is 2.59. The molecule has 0 atom stereocenters. The van der Waals surface area contributed by atoms with E-state index in [0.717, 1.165) is 44.4 Å². The summed E-state index contributed by atoms with van der Waals surface area (Å²) in [6.07, 6.45) is 0.172. The Balaban J connectivity index is 1.98. The second-order valence-corrected chi connectivity index (χ2v) is 6.01. The molecule has 0 amide bonds. The second-order valence-electron chi connectivity index (χ2n) is 6.01. The van der Waals surface area contributed by atoms with E-state index < -0.39 is 11.7 Å². The lowest BCUT2D eigenvalue weighted by atomic mass is 10.0. The topological polar surface area (TPSA) is 43.8 Å². The molecule has 114 valence electrons. The summed E-state index contributed by atoms with van der Waals surface area (Å²) in [5.74, 6) is 0.298. The fraction of sp³-hybridized carbons (Fsp3) is 0.533. The monoisotopic (exact) mass is 297 g/mol. The molecule has 0 saturated heterocycles. The zero-order valence-corrected chi connectivity index (χ0v) is 11.9. The van der Waals surface area contributed by atoms with Crippen molar-refractivity contribution in [3.05, 3.63) is 23.8 Å². The van der Waals surface area contributed by atoms with E-state index >= 15 is 0 Å². The Labute approximate surface area is 121 Å². The van der Waals surface area contributed by atoms with Crippen LogP contribution in [0.25, 0.3) is 11.0 Å². The summed E-state index contributed by atoms with van der Waals surface area (Å²) >= 11 is 0. The van der Waals surface area contributed by atoms with E-state index in [2.05, 4.69) is 11.9 Å². The molecule has 0 spiro atoms. The number of nitrogens with zero attached hydrogens (tertiary/aromatic N) is 2. The van der Waals surface area contributed by atoms with Crippen LogP contribution in [-0.2, 0) is 12.7 Å². The molecule has 1 aromatic heterocycles. The molecule has 1 aliphatic rings. The molecular weight excluding hydrogens is 279 g/mol. The number of rotatable bonds is 4. The van der Waals surface area contributed by atoms with E-state index in [-0.39, 0.29) is 5.41 Å². The van der Waals surface area contributed by atoms with Crippen LogP contribution in [0.1, 0.15) is 38.2 Å². The number of alkyl halides is 3. The third-order valence-corrected chi connectivity index (χ3v) is 4.34. The molecule has 0 bridgehead atoms. The van der Waals surface area contributed by atoms with Crippen molar-refractivity contribution in [1.29, 1.82) is 0 Å². The Kier molecular flexibility index (Phi) is 3.15. The highest BCUT2D eigenvalue weighted by molar-refractivity contribution is 5.79. The van der Waals surface area contributed by atoms with Crippen molar-refractivity contribution in [2.75, 3.05) is 5.73 Å². The molecule has 1 fully saturated rings. The molecule has 1 aromatic carbocycles. The number of halogens is 3. The molecule has 2 N–H and O–H groups in total. The number of anilines is 1. The first kappa shape index (κ1) is 14.2. The summed E-state index contributed by atoms with van der Waals surface area (Å²) < 4.78 is 40.1. The molecular formula is C15H18F3N3. The normalized spacial score (nSPS) is 17.3. The van der Waals surface area contributed by atoms with Gasteiger partial charge in [-0.05, 0) is 42.9 Å². The number of hydrogen-bond donors (Lipinski definition) is 1. The predicted molar refractivity (Wildman–Crippen MR) is 75.7 cm³/mol. The van der Waals surface area contributed by atoms with Crippen molar-refractivity contribution < 1.29 is 13.2 Å². The number of nitrogen functional groups attached to an aromatic ring is 1. The Bertz CT molecular complexity index is 669. The highest BCUT2D eigenvalue weighted by Crippen LogP contribution is 2.51. The molecule has 2 aromatic rings. The summed E-state index contributed by atoms with van der Waals surface area (Å²) in [4.78, 5) is 4.10. The van der Waals surface area contributed by atoms with E-state index in [1.165, 1.54) is 6.07 Å². The van der Waals surface area contributed by atoms with Crippen LogP contribution < -0.4 is 5.73 Å². The standard InChI is InChI=1S/C15H18F3N3/c1-2-5-14(6-7-14)9-21-12-4-3-10(15(16,17)18)8-11(12)20-13(21)19/h3-4,8H,2,5-7,9H2,1H3,(H2,19,20). The van der Waals surface area contributed by atoms with E-state index in [4.69, 9.17) is 5.73 Å². The fourth-order valence-electron chi connectivity index (χ4n) is 3.02. The van der Waals surface area contributed by atoms with Gasteiger partial charge in [-0.25, -0.2) is 4.98 Å². The minimum Gasteiger partial charge on any atom is -0.369 e. The zero-order valence-electron chi connectivity index (χ0n) is 11.9. The molecule has 0 unspecified atom stereocenters. The number of imidazole rings is 1. The van der Waals surface area contributed by atoms with Gasteiger partial charge in [0.15, 0.2) is 0 Å². The SMILES string of the molecule is CCCC1(Cn2c(N)nc3cc(C(F)(F)F)ccc32)CC1. The van der Waals surface area contributed by atoms with Gasteiger partial charge in [0, 0.05) is 6.54 Å². The van der Waals surface area contributed by atoms with Crippen molar-refractivity contribution in [2.24, 2.45) is 5.41 Å². The van der Waals surface area contributed by atoms with Gasteiger partial charge in [0.2, 0.25) is 5.95 Å². The summed E-state index contributed by atoms with van der Waals surface area (Å²) in [7, 11) is 0. The number of fused-ring (bicyclic) bond motifs is 1. The van der Waals surface area contributed by atoms with Gasteiger partial charge in [0.05, 0.1) is 16.6 Å². The van der Waals surface area contributed by atoms with E-state index in [1.807, 2.05) is 4.57 Å². The number of hydrogen-bond acceptors (Lipinski definition) is 2. The van der Waals surface area contributed by atoms with Crippen LogP contribution in [0.15, 0.2) is 18.2 Å². The lowest BCUT2D eigenvalue weighted by molar-refractivity contribution is -0.137. The fourth-order valence-corrected chi connectivity index (χ4v) is 3.02. The predicted octanol–water partition coefficient (Wildman–Crippen LogP) is 4.22. The summed E-state index contributed by atoms with van der Waals surface area (Å²) in [6.45, 7) is 2.89. The highest BCUT2D eigenvalue weighted by Gasteiger charge is 2.42. The van der Waals surface area contributed by atoms with Gasteiger partial charge in [-0.1, -0.05) is 13.3 Å². The first-order valence-electron chi connectivity index (χ1n) is 7.18. The lowest BCUT2D eigenvalue weighted by Gasteiger charge is -2.16. The first-order valence-corrected chi connectivity index (χ1v) is 7.18. The van der Waals surface area contributed by atoms with Gasteiger partial charge in [-0.15, -0.1) is 0 Å². The van der Waals surface area contributed by atoms with Crippen LogP contribution in [0.2, 0.25) is 0 Å².